The molecule has 2 unspecified atom stereocenters. The largest absolute Gasteiger partial charge is 0.481 e. The topological polar surface area (TPSA) is 37.3 Å². The minimum absolute atomic E-state index is 0.302. The summed E-state index contributed by atoms with van der Waals surface area (Å²) in [7, 11) is 0. The molecule has 0 amide bonds. The number of aliphatic carboxylic acids is 1. The average molecular weight is 228 g/mol. The summed E-state index contributed by atoms with van der Waals surface area (Å²) in [6.45, 7) is 0. The van der Waals surface area contributed by atoms with E-state index in [0.717, 1.165) is 0 Å². The monoisotopic (exact) mass is 228 g/mol. The molecular weight excluding hydrogens is 217 g/mol. The summed E-state index contributed by atoms with van der Waals surface area (Å²) < 4.78 is 36.2. The number of thioether (sulfide) groups is 1. The highest BCUT2D eigenvalue weighted by Gasteiger charge is 2.39. The van der Waals surface area contributed by atoms with Gasteiger partial charge in [0.05, 0.1) is 5.92 Å². The fraction of sp³-hybridized carbons (Fsp3) is 0.875. The molecule has 6 heteroatoms. The lowest BCUT2D eigenvalue weighted by atomic mass is 9.88. The molecule has 0 aromatic rings. The Morgan fingerprint density at radius 1 is 1.50 bits per heavy atom. The minimum Gasteiger partial charge on any atom is -0.481 e. The van der Waals surface area contributed by atoms with Crippen molar-refractivity contribution in [1.82, 2.24) is 0 Å². The first-order valence-corrected chi connectivity index (χ1v) is 5.43. The van der Waals surface area contributed by atoms with Crippen LogP contribution in [0.3, 0.4) is 0 Å². The molecule has 1 aliphatic rings. The number of alkyl halides is 3. The van der Waals surface area contributed by atoms with Crippen LogP contribution in [0.4, 0.5) is 13.2 Å². The Bertz CT molecular complexity index is 217. The number of hydrogen-bond donors (Lipinski definition) is 1. The SMILES string of the molecule is O=C(O)C1CSCCC1CC(F)(F)F. The van der Waals surface area contributed by atoms with Crippen LogP contribution >= 0.6 is 11.8 Å². The van der Waals surface area contributed by atoms with Gasteiger partial charge in [0.25, 0.3) is 0 Å². The molecule has 1 rings (SSSR count). The molecule has 0 bridgehead atoms. The number of carbonyl (C=O) groups is 1. The highest BCUT2D eigenvalue weighted by atomic mass is 32.2. The molecule has 1 N–H and O–H groups in total. The predicted octanol–water partition coefficient (Wildman–Crippen LogP) is 2.39. The van der Waals surface area contributed by atoms with Crippen LogP contribution in [0, 0.1) is 11.8 Å². The second-order valence-corrected chi connectivity index (χ2v) is 4.54. The van der Waals surface area contributed by atoms with E-state index in [9.17, 15) is 18.0 Å². The maximum atomic E-state index is 12.1. The van der Waals surface area contributed by atoms with Crippen molar-refractivity contribution in [3.63, 3.8) is 0 Å². The van der Waals surface area contributed by atoms with Gasteiger partial charge in [0.1, 0.15) is 0 Å². The molecule has 0 aliphatic carbocycles. The van der Waals surface area contributed by atoms with Crippen LogP contribution in [0.2, 0.25) is 0 Å². The van der Waals surface area contributed by atoms with Gasteiger partial charge in [-0.1, -0.05) is 0 Å². The van der Waals surface area contributed by atoms with Crippen molar-refractivity contribution in [1.29, 1.82) is 0 Å². The average Bonchev–Trinajstić information content (AvgIpc) is 2.01. The molecule has 0 radical (unpaired) electrons. The third-order valence-electron chi connectivity index (χ3n) is 2.31. The molecule has 0 aromatic carbocycles. The third kappa shape index (κ3) is 3.40. The standard InChI is InChI=1S/C8H11F3O2S/c9-8(10,11)3-5-1-2-14-4-6(5)7(12)13/h5-6H,1-4H2,(H,12,13). The number of carboxylic acid groups (broad SMARTS) is 1. The Labute approximate surface area is 83.9 Å². The Balaban J connectivity index is 2.59. The Hall–Kier alpha value is -0.390. The highest BCUT2D eigenvalue weighted by Crippen LogP contribution is 2.36. The van der Waals surface area contributed by atoms with Crippen LogP contribution in [-0.4, -0.2) is 28.8 Å². The normalized spacial score (nSPS) is 28.8. The number of hydrogen-bond acceptors (Lipinski definition) is 2. The van der Waals surface area contributed by atoms with Crippen LogP contribution < -0.4 is 0 Å². The second kappa shape index (κ2) is 4.42. The molecule has 0 aromatic heterocycles. The van der Waals surface area contributed by atoms with E-state index in [2.05, 4.69) is 0 Å². The highest BCUT2D eigenvalue weighted by molar-refractivity contribution is 7.99. The van der Waals surface area contributed by atoms with E-state index in [1.54, 1.807) is 0 Å². The van der Waals surface area contributed by atoms with Crippen LogP contribution in [0.5, 0.6) is 0 Å². The van der Waals surface area contributed by atoms with Crippen molar-refractivity contribution < 1.29 is 23.1 Å². The van der Waals surface area contributed by atoms with Crippen molar-refractivity contribution in [3.8, 4) is 0 Å². The molecule has 1 heterocycles. The second-order valence-electron chi connectivity index (χ2n) is 3.39. The molecule has 1 fully saturated rings. The summed E-state index contributed by atoms with van der Waals surface area (Å²) in [6.07, 6.45) is -4.87. The van der Waals surface area contributed by atoms with Crippen molar-refractivity contribution in [2.24, 2.45) is 11.8 Å². The van der Waals surface area contributed by atoms with Gasteiger partial charge in [0.15, 0.2) is 0 Å². The van der Waals surface area contributed by atoms with Crippen molar-refractivity contribution in [2.45, 2.75) is 19.0 Å². The molecule has 14 heavy (non-hydrogen) atoms. The maximum absolute atomic E-state index is 12.1. The Morgan fingerprint density at radius 3 is 2.64 bits per heavy atom. The van der Waals surface area contributed by atoms with Gasteiger partial charge in [-0.15, -0.1) is 0 Å². The van der Waals surface area contributed by atoms with Gasteiger partial charge < -0.3 is 5.11 Å². The van der Waals surface area contributed by atoms with E-state index in [1.165, 1.54) is 11.8 Å². The van der Waals surface area contributed by atoms with Gasteiger partial charge in [0.2, 0.25) is 0 Å². The van der Waals surface area contributed by atoms with Crippen molar-refractivity contribution >= 4 is 17.7 Å². The smallest absolute Gasteiger partial charge is 0.389 e. The molecule has 1 saturated heterocycles. The zero-order chi connectivity index (χ0) is 10.8. The van der Waals surface area contributed by atoms with E-state index < -0.39 is 30.4 Å². The summed E-state index contributed by atoms with van der Waals surface area (Å²) in [5, 5.41) is 8.72. The van der Waals surface area contributed by atoms with Gasteiger partial charge >= 0.3 is 12.1 Å². The fourth-order valence-electron chi connectivity index (χ4n) is 1.60. The third-order valence-corrected chi connectivity index (χ3v) is 3.43. The van der Waals surface area contributed by atoms with Gasteiger partial charge in [-0.05, 0) is 18.1 Å². The van der Waals surface area contributed by atoms with E-state index in [0.29, 0.717) is 17.9 Å². The van der Waals surface area contributed by atoms with Crippen LogP contribution in [-0.2, 0) is 4.79 Å². The van der Waals surface area contributed by atoms with Gasteiger partial charge in [-0.3, -0.25) is 4.79 Å². The van der Waals surface area contributed by atoms with Crippen LogP contribution in [0.15, 0.2) is 0 Å². The lowest BCUT2D eigenvalue weighted by Gasteiger charge is -2.28. The molecule has 82 valence electrons. The van der Waals surface area contributed by atoms with E-state index in [-0.39, 0.29) is 0 Å². The summed E-state index contributed by atoms with van der Waals surface area (Å²) in [6, 6.07) is 0. The Morgan fingerprint density at radius 2 is 2.14 bits per heavy atom. The summed E-state index contributed by atoms with van der Waals surface area (Å²) in [5.74, 6) is -1.75. The minimum atomic E-state index is -4.25. The lowest BCUT2D eigenvalue weighted by molar-refractivity contribution is -0.157. The number of halogens is 3. The van der Waals surface area contributed by atoms with Gasteiger partial charge in [-0.25, -0.2) is 0 Å². The van der Waals surface area contributed by atoms with E-state index in [1.807, 2.05) is 0 Å². The predicted molar refractivity (Wildman–Crippen MR) is 47.2 cm³/mol. The van der Waals surface area contributed by atoms with E-state index >= 15 is 0 Å². The molecule has 0 saturated carbocycles. The number of carboxylic acids is 1. The quantitative estimate of drug-likeness (QED) is 0.788. The van der Waals surface area contributed by atoms with E-state index in [4.69, 9.17) is 5.11 Å². The maximum Gasteiger partial charge on any atom is 0.389 e. The Kier molecular flexibility index (Phi) is 3.69. The molecule has 2 nitrogen and oxygen atoms in total. The lowest BCUT2D eigenvalue weighted by Crippen LogP contribution is -2.33. The van der Waals surface area contributed by atoms with Crippen molar-refractivity contribution in [2.75, 3.05) is 11.5 Å². The first-order valence-electron chi connectivity index (χ1n) is 4.27. The summed E-state index contributed by atoms with van der Waals surface area (Å²) in [4.78, 5) is 10.7. The zero-order valence-corrected chi connectivity index (χ0v) is 8.20. The molecule has 0 spiro atoms. The van der Waals surface area contributed by atoms with Gasteiger partial charge in [0, 0.05) is 12.2 Å². The fourth-order valence-corrected chi connectivity index (χ4v) is 2.90. The summed E-state index contributed by atoms with van der Waals surface area (Å²) in [5.41, 5.74) is 0. The van der Waals surface area contributed by atoms with Crippen LogP contribution in [0.25, 0.3) is 0 Å². The van der Waals surface area contributed by atoms with Crippen LogP contribution in [0.1, 0.15) is 12.8 Å². The molecular formula is C8H11F3O2S. The molecule has 1 aliphatic heterocycles. The zero-order valence-electron chi connectivity index (χ0n) is 7.38. The summed E-state index contributed by atoms with van der Waals surface area (Å²) >= 11 is 1.41. The first-order chi connectivity index (χ1) is 6.40. The van der Waals surface area contributed by atoms with Gasteiger partial charge in [-0.2, -0.15) is 24.9 Å². The first kappa shape index (κ1) is 11.7. The number of rotatable bonds is 2. The molecule has 2 atom stereocenters. The van der Waals surface area contributed by atoms with Crippen molar-refractivity contribution in [3.05, 3.63) is 0 Å².